The summed E-state index contributed by atoms with van der Waals surface area (Å²) in [5.74, 6) is 1.80. The van der Waals surface area contributed by atoms with Crippen LogP contribution in [0.4, 0.5) is 0 Å². The average Bonchev–Trinajstić information content (AvgIpc) is 2.45. The van der Waals surface area contributed by atoms with E-state index in [0.29, 0.717) is 0 Å². The van der Waals surface area contributed by atoms with Gasteiger partial charge < -0.3 is 15.5 Å². The van der Waals surface area contributed by atoms with Crippen molar-refractivity contribution in [1.82, 2.24) is 15.5 Å². The van der Waals surface area contributed by atoms with Crippen molar-refractivity contribution >= 4 is 41.7 Å². The predicted octanol–water partition coefficient (Wildman–Crippen LogP) is 3.03. The molecule has 0 spiro atoms. The van der Waals surface area contributed by atoms with Gasteiger partial charge in [-0.3, -0.25) is 4.99 Å². The summed E-state index contributed by atoms with van der Waals surface area (Å²) in [5, 5.41) is 6.80. The Morgan fingerprint density at radius 1 is 1.36 bits per heavy atom. The Morgan fingerprint density at radius 3 is 2.68 bits per heavy atom. The third kappa shape index (κ3) is 9.45. The van der Waals surface area contributed by atoms with E-state index in [1.807, 2.05) is 11.8 Å². The molecule has 0 aromatic carbocycles. The summed E-state index contributed by atoms with van der Waals surface area (Å²) in [7, 11) is 0. The second kappa shape index (κ2) is 11.8. The van der Waals surface area contributed by atoms with Crippen molar-refractivity contribution in [3.05, 3.63) is 0 Å². The zero-order chi connectivity index (χ0) is 15.7. The van der Waals surface area contributed by atoms with Gasteiger partial charge >= 0.3 is 0 Å². The van der Waals surface area contributed by atoms with E-state index in [0.717, 1.165) is 38.1 Å². The van der Waals surface area contributed by atoms with Gasteiger partial charge in [0.1, 0.15) is 0 Å². The number of nitrogens with zero attached hydrogens (tertiary/aromatic N) is 2. The molecule has 2 N–H and O–H groups in total. The van der Waals surface area contributed by atoms with Crippen LogP contribution < -0.4 is 10.6 Å². The fourth-order valence-corrected chi connectivity index (χ4v) is 2.69. The summed E-state index contributed by atoms with van der Waals surface area (Å²) in [6, 6.07) is 0. The summed E-state index contributed by atoms with van der Waals surface area (Å²) < 4.78 is 0.199. The topological polar surface area (TPSA) is 39.7 Å². The van der Waals surface area contributed by atoms with Gasteiger partial charge in [-0.15, -0.1) is 24.0 Å². The number of nitrogens with one attached hydrogen (secondary N) is 2. The fourth-order valence-electron chi connectivity index (χ4n) is 2.50. The van der Waals surface area contributed by atoms with E-state index in [4.69, 9.17) is 4.99 Å². The van der Waals surface area contributed by atoms with Gasteiger partial charge in [-0.05, 0) is 52.3 Å². The van der Waals surface area contributed by atoms with E-state index in [2.05, 4.69) is 49.5 Å². The van der Waals surface area contributed by atoms with Crippen LogP contribution in [0, 0.1) is 5.92 Å². The number of likely N-dealkylation sites (tertiary alicyclic amines) is 1. The summed E-state index contributed by atoms with van der Waals surface area (Å²) in [5.41, 5.74) is 0. The molecule has 1 heterocycles. The van der Waals surface area contributed by atoms with Crippen molar-refractivity contribution in [1.29, 1.82) is 0 Å². The van der Waals surface area contributed by atoms with Crippen LogP contribution in [0.3, 0.4) is 0 Å². The highest BCUT2D eigenvalue weighted by atomic mass is 127. The number of rotatable bonds is 7. The van der Waals surface area contributed by atoms with E-state index in [-0.39, 0.29) is 28.7 Å². The van der Waals surface area contributed by atoms with E-state index >= 15 is 0 Å². The third-order valence-corrected chi connectivity index (χ3v) is 5.21. The lowest BCUT2D eigenvalue weighted by Gasteiger charge is -2.31. The molecule has 22 heavy (non-hydrogen) atoms. The van der Waals surface area contributed by atoms with E-state index in [1.54, 1.807) is 0 Å². The Hall–Kier alpha value is 0.310. The van der Waals surface area contributed by atoms with Crippen LogP contribution in [-0.2, 0) is 0 Å². The molecule has 0 bridgehead atoms. The lowest BCUT2D eigenvalue weighted by atomic mass is 10.0. The molecule has 1 unspecified atom stereocenters. The first kappa shape index (κ1) is 22.3. The molecule has 1 rings (SSSR count). The molecule has 0 radical (unpaired) electrons. The molecule has 0 aromatic heterocycles. The summed E-state index contributed by atoms with van der Waals surface area (Å²) in [6.45, 7) is 15.3. The van der Waals surface area contributed by atoms with Crippen molar-refractivity contribution in [2.24, 2.45) is 10.9 Å². The lowest BCUT2D eigenvalue weighted by molar-refractivity contribution is 0.187. The number of thioether (sulfide) groups is 1. The molecule has 0 aromatic rings. The van der Waals surface area contributed by atoms with E-state index in [1.165, 1.54) is 25.9 Å². The van der Waals surface area contributed by atoms with Gasteiger partial charge in [0.05, 0.1) is 6.54 Å². The Labute approximate surface area is 158 Å². The average molecular weight is 442 g/mol. The van der Waals surface area contributed by atoms with Gasteiger partial charge in [-0.2, -0.15) is 11.8 Å². The largest absolute Gasteiger partial charge is 0.357 e. The molecule has 4 nitrogen and oxygen atoms in total. The Kier molecular flexibility index (Phi) is 12.0. The number of aliphatic imine (C=N–C) groups is 1. The van der Waals surface area contributed by atoms with Gasteiger partial charge in [0, 0.05) is 30.9 Å². The third-order valence-electron chi connectivity index (χ3n) is 3.98. The maximum absolute atomic E-state index is 4.71. The van der Waals surface area contributed by atoms with Crippen molar-refractivity contribution in [3.8, 4) is 0 Å². The number of hydrogen-bond donors (Lipinski definition) is 2. The first-order chi connectivity index (χ1) is 9.96. The molecule has 132 valence electrons. The normalized spacial score (nSPS) is 20.4. The van der Waals surface area contributed by atoms with E-state index in [9.17, 15) is 0 Å². The Balaban J connectivity index is 0.00000441. The van der Waals surface area contributed by atoms with Gasteiger partial charge in [-0.25, -0.2) is 0 Å². The standard InChI is InChI=1S/C16H34N4S.HI/c1-6-17-15(19-13-16(3,4)21-5)18-9-11-20-10-7-8-14(2)12-20;/h14H,6-13H2,1-5H3,(H2,17,18,19);1H. The Morgan fingerprint density at radius 2 is 2.09 bits per heavy atom. The maximum Gasteiger partial charge on any atom is 0.191 e. The number of hydrogen-bond acceptors (Lipinski definition) is 3. The molecule has 0 saturated carbocycles. The quantitative estimate of drug-likeness (QED) is 0.361. The molecule has 1 aliphatic heterocycles. The second-order valence-corrected chi connectivity index (χ2v) is 8.15. The number of piperidine rings is 1. The zero-order valence-corrected chi connectivity index (χ0v) is 18.1. The van der Waals surface area contributed by atoms with Gasteiger partial charge in [-0.1, -0.05) is 6.92 Å². The number of halogens is 1. The highest BCUT2D eigenvalue weighted by Gasteiger charge is 2.17. The molecule has 1 aliphatic rings. The Bertz CT molecular complexity index is 323. The predicted molar refractivity (Wildman–Crippen MR) is 112 cm³/mol. The molecule has 0 aliphatic carbocycles. The molecule has 1 fully saturated rings. The monoisotopic (exact) mass is 442 g/mol. The molecule has 1 atom stereocenters. The SMILES string of the molecule is CCNC(=NCC(C)(C)SC)NCCN1CCCC(C)C1.I. The molecular formula is C16H35IN4S. The minimum Gasteiger partial charge on any atom is -0.357 e. The summed E-state index contributed by atoms with van der Waals surface area (Å²) in [6.07, 6.45) is 4.88. The first-order valence-electron chi connectivity index (χ1n) is 8.26. The molecule has 1 saturated heterocycles. The summed E-state index contributed by atoms with van der Waals surface area (Å²) in [4.78, 5) is 7.27. The van der Waals surface area contributed by atoms with Gasteiger partial charge in [0.25, 0.3) is 0 Å². The highest BCUT2D eigenvalue weighted by Crippen LogP contribution is 2.20. The smallest absolute Gasteiger partial charge is 0.191 e. The van der Waals surface area contributed by atoms with Gasteiger partial charge in [0.15, 0.2) is 5.96 Å². The van der Waals surface area contributed by atoms with Crippen LogP contribution >= 0.6 is 35.7 Å². The van der Waals surface area contributed by atoms with Crippen molar-refractivity contribution in [2.75, 3.05) is 45.5 Å². The minimum atomic E-state index is 0. The zero-order valence-electron chi connectivity index (χ0n) is 14.9. The summed E-state index contributed by atoms with van der Waals surface area (Å²) >= 11 is 1.86. The highest BCUT2D eigenvalue weighted by molar-refractivity contribution is 14.0. The molecule has 0 amide bonds. The molecule has 6 heteroatoms. The van der Waals surface area contributed by atoms with E-state index < -0.39 is 0 Å². The van der Waals surface area contributed by atoms with Crippen LogP contribution in [0.5, 0.6) is 0 Å². The fraction of sp³-hybridized carbons (Fsp3) is 0.938. The second-order valence-electron chi connectivity index (χ2n) is 6.63. The number of guanidine groups is 1. The minimum absolute atomic E-state index is 0. The van der Waals surface area contributed by atoms with Crippen LogP contribution in [0.15, 0.2) is 4.99 Å². The van der Waals surface area contributed by atoms with Crippen LogP contribution in [0.2, 0.25) is 0 Å². The van der Waals surface area contributed by atoms with Crippen LogP contribution in [0.1, 0.15) is 40.5 Å². The maximum atomic E-state index is 4.71. The van der Waals surface area contributed by atoms with Crippen LogP contribution in [0.25, 0.3) is 0 Å². The van der Waals surface area contributed by atoms with Crippen LogP contribution in [-0.4, -0.2) is 61.1 Å². The van der Waals surface area contributed by atoms with Gasteiger partial charge in [0.2, 0.25) is 0 Å². The van der Waals surface area contributed by atoms with Crippen molar-refractivity contribution < 1.29 is 0 Å². The first-order valence-corrected chi connectivity index (χ1v) is 9.49. The lowest BCUT2D eigenvalue weighted by Crippen LogP contribution is -2.44. The molecular weight excluding hydrogens is 407 g/mol. The van der Waals surface area contributed by atoms with Crippen molar-refractivity contribution in [2.45, 2.75) is 45.3 Å². The van der Waals surface area contributed by atoms with Crippen molar-refractivity contribution in [3.63, 3.8) is 0 Å².